The standard InChI is InChI=1S/C8H12F2O/c1-11-5-6-7(3-2-4-7)8(6,9)10/h6H,2-5H2,1H3. The van der Waals surface area contributed by atoms with Crippen LogP contribution in [0, 0.1) is 11.3 Å². The predicted molar refractivity (Wildman–Crippen MR) is 36.6 cm³/mol. The van der Waals surface area contributed by atoms with E-state index in [4.69, 9.17) is 4.74 Å². The van der Waals surface area contributed by atoms with Gasteiger partial charge in [0.15, 0.2) is 0 Å². The maximum Gasteiger partial charge on any atom is 0.259 e. The van der Waals surface area contributed by atoms with Crippen LogP contribution >= 0.6 is 0 Å². The second-order valence-electron chi connectivity index (χ2n) is 3.64. The summed E-state index contributed by atoms with van der Waals surface area (Å²) in [6.45, 7) is 0.229. The lowest BCUT2D eigenvalue weighted by Gasteiger charge is -2.25. The van der Waals surface area contributed by atoms with E-state index in [0.29, 0.717) is 12.8 Å². The number of ether oxygens (including phenoxy) is 1. The molecule has 1 nitrogen and oxygen atoms in total. The van der Waals surface area contributed by atoms with Crippen LogP contribution in [0.3, 0.4) is 0 Å². The van der Waals surface area contributed by atoms with Gasteiger partial charge in [-0.3, -0.25) is 0 Å². The molecule has 0 radical (unpaired) electrons. The van der Waals surface area contributed by atoms with Crippen molar-refractivity contribution in [3.8, 4) is 0 Å². The van der Waals surface area contributed by atoms with Gasteiger partial charge in [0.05, 0.1) is 12.5 Å². The van der Waals surface area contributed by atoms with Gasteiger partial charge < -0.3 is 4.74 Å². The molecule has 1 unspecified atom stereocenters. The maximum atomic E-state index is 13.0. The summed E-state index contributed by atoms with van der Waals surface area (Å²) in [6, 6.07) is 0. The zero-order valence-electron chi connectivity index (χ0n) is 6.57. The molecule has 2 fully saturated rings. The second-order valence-corrected chi connectivity index (χ2v) is 3.64. The molecular formula is C8H12F2O. The molecule has 0 heterocycles. The number of rotatable bonds is 2. The highest BCUT2D eigenvalue weighted by Crippen LogP contribution is 2.75. The van der Waals surface area contributed by atoms with Gasteiger partial charge in [0.2, 0.25) is 0 Å². The summed E-state index contributed by atoms with van der Waals surface area (Å²) >= 11 is 0. The molecule has 1 atom stereocenters. The van der Waals surface area contributed by atoms with Gasteiger partial charge in [-0.25, -0.2) is 8.78 Å². The van der Waals surface area contributed by atoms with Crippen LogP contribution in [0.5, 0.6) is 0 Å². The van der Waals surface area contributed by atoms with Crippen molar-refractivity contribution >= 4 is 0 Å². The van der Waals surface area contributed by atoms with Crippen molar-refractivity contribution in [2.24, 2.45) is 11.3 Å². The Morgan fingerprint density at radius 2 is 2.09 bits per heavy atom. The molecule has 0 aliphatic heterocycles. The van der Waals surface area contributed by atoms with Crippen molar-refractivity contribution in [3.63, 3.8) is 0 Å². The molecule has 0 aromatic carbocycles. The van der Waals surface area contributed by atoms with E-state index in [1.54, 1.807) is 0 Å². The fraction of sp³-hybridized carbons (Fsp3) is 1.00. The molecule has 0 saturated heterocycles. The Labute approximate surface area is 64.7 Å². The topological polar surface area (TPSA) is 9.23 Å². The third kappa shape index (κ3) is 0.675. The highest BCUT2D eigenvalue weighted by atomic mass is 19.3. The average Bonchev–Trinajstić information content (AvgIpc) is 2.29. The summed E-state index contributed by atoms with van der Waals surface area (Å²) in [7, 11) is 1.49. The number of alkyl halides is 2. The molecule has 0 N–H and O–H groups in total. The molecule has 64 valence electrons. The van der Waals surface area contributed by atoms with Crippen molar-refractivity contribution in [3.05, 3.63) is 0 Å². The van der Waals surface area contributed by atoms with E-state index >= 15 is 0 Å². The first-order chi connectivity index (χ1) is 5.15. The fourth-order valence-electron chi connectivity index (χ4n) is 2.26. The number of hydrogen-bond acceptors (Lipinski definition) is 1. The van der Waals surface area contributed by atoms with Crippen LogP contribution in [0.1, 0.15) is 19.3 Å². The first-order valence-corrected chi connectivity index (χ1v) is 4.02. The van der Waals surface area contributed by atoms with Gasteiger partial charge in [-0.2, -0.15) is 0 Å². The monoisotopic (exact) mass is 162 g/mol. The Morgan fingerprint density at radius 1 is 1.45 bits per heavy atom. The van der Waals surface area contributed by atoms with E-state index < -0.39 is 17.3 Å². The van der Waals surface area contributed by atoms with Crippen LogP contribution in [-0.2, 0) is 4.74 Å². The summed E-state index contributed by atoms with van der Waals surface area (Å²) in [5.74, 6) is -2.89. The molecule has 0 aromatic rings. The molecular weight excluding hydrogens is 150 g/mol. The number of methoxy groups -OCH3 is 1. The molecule has 2 rings (SSSR count). The van der Waals surface area contributed by atoms with E-state index in [1.165, 1.54) is 7.11 Å². The molecule has 2 saturated carbocycles. The Balaban J connectivity index is 2.03. The highest BCUT2D eigenvalue weighted by Gasteiger charge is 2.81. The number of hydrogen-bond donors (Lipinski definition) is 0. The molecule has 11 heavy (non-hydrogen) atoms. The van der Waals surface area contributed by atoms with Crippen LogP contribution < -0.4 is 0 Å². The first-order valence-electron chi connectivity index (χ1n) is 4.02. The van der Waals surface area contributed by atoms with E-state index in [9.17, 15) is 8.78 Å². The van der Waals surface area contributed by atoms with Crippen molar-refractivity contribution in [1.82, 2.24) is 0 Å². The normalized spacial score (nSPS) is 36.8. The van der Waals surface area contributed by atoms with Gasteiger partial charge in [0, 0.05) is 12.5 Å². The number of halogens is 2. The summed E-state index contributed by atoms with van der Waals surface area (Å²) in [4.78, 5) is 0. The molecule has 0 bridgehead atoms. The lowest BCUT2D eigenvalue weighted by Crippen LogP contribution is -2.20. The lowest BCUT2D eigenvalue weighted by molar-refractivity contribution is 0.0251. The van der Waals surface area contributed by atoms with Crippen molar-refractivity contribution < 1.29 is 13.5 Å². The zero-order valence-corrected chi connectivity index (χ0v) is 6.57. The summed E-state index contributed by atoms with van der Waals surface area (Å²) in [5.41, 5.74) is -0.622. The molecule has 2 aliphatic carbocycles. The molecule has 0 aromatic heterocycles. The Morgan fingerprint density at radius 3 is 2.36 bits per heavy atom. The quantitative estimate of drug-likeness (QED) is 0.604. The minimum atomic E-state index is -2.42. The van der Waals surface area contributed by atoms with Gasteiger partial charge in [0.25, 0.3) is 5.92 Å². The van der Waals surface area contributed by atoms with Crippen LogP contribution in [0.15, 0.2) is 0 Å². The minimum Gasteiger partial charge on any atom is -0.384 e. The van der Waals surface area contributed by atoms with Gasteiger partial charge in [-0.1, -0.05) is 6.42 Å². The lowest BCUT2D eigenvalue weighted by atomic mass is 9.79. The van der Waals surface area contributed by atoms with Crippen molar-refractivity contribution in [2.45, 2.75) is 25.2 Å². The second kappa shape index (κ2) is 1.94. The first kappa shape index (κ1) is 7.47. The average molecular weight is 162 g/mol. The van der Waals surface area contributed by atoms with E-state index in [0.717, 1.165) is 6.42 Å². The fourth-order valence-corrected chi connectivity index (χ4v) is 2.26. The summed E-state index contributed by atoms with van der Waals surface area (Å²) in [5, 5.41) is 0. The largest absolute Gasteiger partial charge is 0.384 e. The Hall–Kier alpha value is -0.180. The van der Waals surface area contributed by atoms with Gasteiger partial charge >= 0.3 is 0 Å². The third-order valence-electron chi connectivity index (χ3n) is 3.26. The van der Waals surface area contributed by atoms with Crippen LogP contribution in [-0.4, -0.2) is 19.6 Å². The van der Waals surface area contributed by atoms with Crippen LogP contribution in [0.4, 0.5) is 8.78 Å². The zero-order chi connectivity index (χ0) is 8.11. The van der Waals surface area contributed by atoms with Gasteiger partial charge in [-0.15, -0.1) is 0 Å². The summed E-state index contributed by atoms with van der Waals surface area (Å²) in [6.07, 6.45) is 2.37. The molecule has 3 heteroatoms. The van der Waals surface area contributed by atoms with Crippen LogP contribution in [0.25, 0.3) is 0 Å². The SMILES string of the molecule is COCC1C(F)(F)C12CCC2. The van der Waals surface area contributed by atoms with E-state index in [-0.39, 0.29) is 6.61 Å². The maximum absolute atomic E-state index is 13.0. The summed E-state index contributed by atoms with van der Waals surface area (Å²) < 4.78 is 30.8. The molecule has 1 spiro atoms. The Kier molecular flexibility index (Phi) is 1.32. The van der Waals surface area contributed by atoms with Gasteiger partial charge in [0.1, 0.15) is 0 Å². The van der Waals surface area contributed by atoms with Gasteiger partial charge in [-0.05, 0) is 12.8 Å². The van der Waals surface area contributed by atoms with E-state index in [2.05, 4.69) is 0 Å². The third-order valence-corrected chi connectivity index (χ3v) is 3.26. The van der Waals surface area contributed by atoms with Crippen molar-refractivity contribution in [2.75, 3.05) is 13.7 Å². The smallest absolute Gasteiger partial charge is 0.259 e. The molecule has 0 amide bonds. The van der Waals surface area contributed by atoms with Crippen molar-refractivity contribution in [1.29, 1.82) is 0 Å². The Bertz CT molecular complexity index is 175. The molecule has 2 aliphatic rings. The minimum absolute atomic E-state index is 0.229. The van der Waals surface area contributed by atoms with Crippen LogP contribution in [0.2, 0.25) is 0 Å². The van der Waals surface area contributed by atoms with E-state index in [1.807, 2.05) is 0 Å². The highest BCUT2D eigenvalue weighted by molar-refractivity contribution is 5.21. The predicted octanol–water partition coefficient (Wildman–Crippen LogP) is 2.07.